The van der Waals surface area contributed by atoms with E-state index >= 15 is 0 Å². The topological polar surface area (TPSA) is 42.0 Å². The van der Waals surface area contributed by atoms with Gasteiger partial charge in [0.25, 0.3) is 5.91 Å². The fourth-order valence-corrected chi connectivity index (χ4v) is 3.45. The number of carbonyl (C=O) groups is 1. The van der Waals surface area contributed by atoms with Gasteiger partial charge in [0.05, 0.1) is 20.3 Å². The molecule has 0 spiro atoms. The third-order valence-corrected chi connectivity index (χ3v) is 4.92. The molecule has 0 atom stereocenters. The number of amides is 1. The second kappa shape index (κ2) is 7.94. The molecule has 5 nitrogen and oxygen atoms in total. The number of nitrogens with zero attached hydrogens (tertiary/aromatic N) is 2. The van der Waals surface area contributed by atoms with Crippen LogP contribution in [0.4, 0.5) is 4.39 Å². The van der Waals surface area contributed by atoms with Gasteiger partial charge in [-0.15, -0.1) is 0 Å². The van der Waals surface area contributed by atoms with Gasteiger partial charge in [-0.05, 0) is 37.0 Å². The van der Waals surface area contributed by atoms with Crippen LogP contribution in [0, 0.1) is 11.7 Å². The van der Waals surface area contributed by atoms with Crippen LogP contribution in [-0.2, 0) is 4.74 Å². The first-order valence-electron chi connectivity index (χ1n) is 8.60. The fourth-order valence-electron chi connectivity index (χ4n) is 3.45. The summed E-state index contributed by atoms with van der Waals surface area (Å²) in [5.74, 6) is 0.197. The van der Waals surface area contributed by atoms with Crippen molar-refractivity contribution >= 4 is 5.91 Å². The highest BCUT2D eigenvalue weighted by Gasteiger charge is 2.26. The predicted octanol–water partition coefficient (Wildman–Crippen LogP) is 2.02. The number of hydrogen-bond donors (Lipinski definition) is 0. The molecule has 0 unspecified atom stereocenters. The summed E-state index contributed by atoms with van der Waals surface area (Å²) in [4.78, 5) is 16.8. The lowest BCUT2D eigenvalue weighted by Crippen LogP contribution is -2.44. The van der Waals surface area contributed by atoms with Crippen LogP contribution in [0.5, 0.6) is 5.75 Å². The number of hydrogen-bond acceptors (Lipinski definition) is 4. The second-order valence-electron chi connectivity index (χ2n) is 6.50. The predicted molar refractivity (Wildman–Crippen MR) is 88.8 cm³/mol. The van der Waals surface area contributed by atoms with Crippen molar-refractivity contribution in [2.75, 3.05) is 53.0 Å². The van der Waals surface area contributed by atoms with Crippen molar-refractivity contribution in [2.45, 2.75) is 12.8 Å². The minimum absolute atomic E-state index is 0.0959. The molecule has 0 bridgehead atoms. The summed E-state index contributed by atoms with van der Waals surface area (Å²) in [6.45, 7) is 6.21. The van der Waals surface area contributed by atoms with Crippen molar-refractivity contribution in [1.29, 1.82) is 0 Å². The van der Waals surface area contributed by atoms with Crippen LogP contribution in [-0.4, -0.2) is 68.8 Å². The minimum atomic E-state index is -0.495. The standard InChI is InChI=1S/C18H25FN2O3/c1-23-17-3-2-15(12-16(17)19)18(22)21-6-4-14(5-7-21)13-20-8-10-24-11-9-20/h2-3,12,14H,4-11,13H2,1H3. The fraction of sp³-hybridized carbons (Fsp3) is 0.611. The summed E-state index contributed by atoms with van der Waals surface area (Å²) < 4.78 is 24.1. The molecule has 0 saturated carbocycles. The average Bonchev–Trinajstić information content (AvgIpc) is 2.62. The molecule has 0 aliphatic carbocycles. The number of carbonyl (C=O) groups excluding carboxylic acids is 1. The van der Waals surface area contributed by atoms with Crippen LogP contribution in [0.1, 0.15) is 23.2 Å². The van der Waals surface area contributed by atoms with E-state index in [1.54, 1.807) is 6.07 Å². The number of methoxy groups -OCH3 is 1. The monoisotopic (exact) mass is 336 g/mol. The lowest BCUT2D eigenvalue weighted by molar-refractivity contribution is 0.0243. The zero-order chi connectivity index (χ0) is 16.9. The Bertz CT molecular complexity index is 567. The molecule has 0 N–H and O–H groups in total. The molecule has 2 saturated heterocycles. The maximum absolute atomic E-state index is 13.8. The molecule has 1 aromatic rings. The number of rotatable bonds is 4. The van der Waals surface area contributed by atoms with E-state index in [1.165, 1.54) is 19.2 Å². The van der Waals surface area contributed by atoms with E-state index < -0.39 is 5.82 Å². The Balaban J connectivity index is 1.52. The number of halogens is 1. The van der Waals surface area contributed by atoms with Gasteiger partial charge in [0.2, 0.25) is 0 Å². The Kier molecular flexibility index (Phi) is 5.68. The van der Waals surface area contributed by atoms with Gasteiger partial charge in [0, 0.05) is 38.3 Å². The maximum atomic E-state index is 13.8. The van der Waals surface area contributed by atoms with Crippen LogP contribution in [0.2, 0.25) is 0 Å². The van der Waals surface area contributed by atoms with E-state index in [-0.39, 0.29) is 11.7 Å². The largest absolute Gasteiger partial charge is 0.494 e. The molecule has 2 aliphatic heterocycles. The highest BCUT2D eigenvalue weighted by molar-refractivity contribution is 5.94. The Labute approximate surface area is 142 Å². The number of piperidine rings is 1. The van der Waals surface area contributed by atoms with Crippen molar-refractivity contribution in [1.82, 2.24) is 9.80 Å². The molecule has 3 rings (SSSR count). The molecule has 6 heteroatoms. The molecule has 2 fully saturated rings. The van der Waals surface area contributed by atoms with Crippen molar-refractivity contribution in [2.24, 2.45) is 5.92 Å². The third-order valence-electron chi connectivity index (χ3n) is 4.92. The first-order chi connectivity index (χ1) is 11.7. The molecular formula is C18H25FN2O3. The van der Waals surface area contributed by atoms with Gasteiger partial charge in [-0.1, -0.05) is 0 Å². The quantitative estimate of drug-likeness (QED) is 0.844. The lowest BCUT2D eigenvalue weighted by atomic mass is 9.95. The average molecular weight is 336 g/mol. The van der Waals surface area contributed by atoms with Crippen LogP contribution in [0.3, 0.4) is 0 Å². The van der Waals surface area contributed by atoms with E-state index in [1.807, 2.05) is 4.90 Å². The highest BCUT2D eigenvalue weighted by Crippen LogP contribution is 2.23. The van der Waals surface area contributed by atoms with Crippen LogP contribution < -0.4 is 4.74 Å². The molecule has 0 aromatic heterocycles. The van der Waals surface area contributed by atoms with Gasteiger partial charge in [0.15, 0.2) is 11.6 Å². The third kappa shape index (κ3) is 4.05. The number of ether oxygens (including phenoxy) is 2. The van der Waals surface area contributed by atoms with E-state index in [4.69, 9.17) is 9.47 Å². The van der Waals surface area contributed by atoms with Crippen molar-refractivity contribution < 1.29 is 18.7 Å². The van der Waals surface area contributed by atoms with Crippen molar-refractivity contribution in [3.8, 4) is 5.75 Å². The Morgan fingerprint density at radius 1 is 1.25 bits per heavy atom. The van der Waals surface area contributed by atoms with Gasteiger partial charge in [-0.2, -0.15) is 0 Å². The first-order valence-corrected chi connectivity index (χ1v) is 8.60. The van der Waals surface area contributed by atoms with Crippen LogP contribution >= 0.6 is 0 Å². The van der Waals surface area contributed by atoms with Gasteiger partial charge in [0.1, 0.15) is 0 Å². The molecule has 24 heavy (non-hydrogen) atoms. The van der Waals surface area contributed by atoms with Crippen molar-refractivity contribution in [3.63, 3.8) is 0 Å². The summed E-state index contributed by atoms with van der Waals surface area (Å²) in [6, 6.07) is 4.40. The summed E-state index contributed by atoms with van der Waals surface area (Å²) in [7, 11) is 1.42. The summed E-state index contributed by atoms with van der Waals surface area (Å²) in [5.41, 5.74) is 0.389. The molecular weight excluding hydrogens is 311 g/mol. The highest BCUT2D eigenvalue weighted by atomic mass is 19.1. The first kappa shape index (κ1) is 17.2. The smallest absolute Gasteiger partial charge is 0.253 e. The molecule has 1 aromatic carbocycles. The second-order valence-corrected chi connectivity index (χ2v) is 6.50. The number of benzene rings is 1. The molecule has 2 heterocycles. The normalized spacial score (nSPS) is 20.2. The zero-order valence-corrected chi connectivity index (χ0v) is 14.2. The van der Waals surface area contributed by atoms with E-state index in [2.05, 4.69) is 4.90 Å². The van der Waals surface area contributed by atoms with E-state index in [0.29, 0.717) is 11.5 Å². The Hall–Kier alpha value is -1.66. The SMILES string of the molecule is COc1ccc(C(=O)N2CCC(CN3CCOCC3)CC2)cc1F. The molecule has 132 valence electrons. The molecule has 1 amide bonds. The van der Waals surface area contributed by atoms with Gasteiger partial charge < -0.3 is 14.4 Å². The lowest BCUT2D eigenvalue weighted by Gasteiger charge is -2.36. The van der Waals surface area contributed by atoms with Crippen LogP contribution in [0.25, 0.3) is 0 Å². The summed E-state index contributed by atoms with van der Waals surface area (Å²) in [5, 5.41) is 0. The number of likely N-dealkylation sites (tertiary alicyclic amines) is 1. The summed E-state index contributed by atoms with van der Waals surface area (Å²) in [6.07, 6.45) is 2.00. The van der Waals surface area contributed by atoms with E-state index in [0.717, 1.165) is 58.8 Å². The Morgan fingerprint density at radius 2 is 1.96 bits per heavy atom. The van der Waals surface area contributed by atoms with Gasteiger partial charge in [-0.3, -0.25) is 9.69 Å². The van der Waals surface area contributed by atoms with Gasteiger partial charge in [-0.25, -0.2) is 4.39 Å². The van der Waals surface area contributed by atoms with Crippen LogP contribution in [0.15, 0.2) is 18.2 Å². The van der Waals surface area contributed by atoms with E-state index in [9.17, 15) is 9.18 Å². The zero-order valence-electron chi connectivity index (χ0n) is 14.2. The molecule has 0 radical (unpaired) electrons. The Morgan fingerprint density at radius 3 is 2.58 bits per heavy atom. The summed E-state index contributed by atoms with van der Waals surface area (Å²) >= 11 is 0. The molecule has 2 aliphatic rings. The maximum Gasteiger partial charge on any atom is 0.253 e. The van der Waals surface area contributed by atoms with Crippen molar-refractivity contribution in [3.05, 3.63) is 29.6 Å². The minimum Gasteiger partial charge on any atom is -0.494 e. The van der Waals surface area contributed by atoms with Gasteiger partial charge >= 0.3 is 0 Å². The number of morpholine rings is 1.